The molecule has 0 aliphatic rings. The molecule has 0 aromatic heterocycles. The number of hydrogen-bond acceptors (Lipinski definition) is 1. The van der Waals surface area contributed by atoms with Crippen molar-refractivity contribution in [1.29, 1.82) is 0 Å². The normalized spacial score (nSPS) is 9.40. The maximum Gasteiger partial charge on any atom is 0.118 e. The van der Waals surface area contributed by atoms with Crippen molar-refractivity contribution >= 4 is 22.6 Å². The van der Waals surface area contributed by atoms with Crippen LogP contribution in [0, 0.1) is 0 Å². The quantitative estimate of drug-likeness (QED) is 0.577. The van der Waals surface area contributed by atoms with Crippen LogP contribution in [-0.4, -0.2) is 7.11 Å². The van der Waals surface area contributed by atoms with Gasteiger partial charge in [-0.15, -0.1) is 0 Å². The molecule has 0 radical (unpaired) electrons. The van der Waals surface area contributed by atoms with Gasteiger partial charge >= 0.3 is 0 Å². The van der Waals surface area contributed by atoms with Crippen molar-refractivity contribution in [2.45, 2.75) is 4.43 Å². The molecule has 10 heavy (non-hydrogen) atoms. The zero-order valence-corrected chi connectivity index (χ0v) is 7.96. The third-order valence-electron chi connectivity index (χ3n) is 1.31. The van der Waals surface area contributed by atoms with Gasteiger partial charge in [-0.25, -0.2) is 0 Å². The van der Waals surface area contributed by atoms with Crippen molar-refractivity contribution in [3.63, 3.8) is 0 Å². The van der Waals surface area contributed by atoms with Gasteiger partial charge in [0, 0.05) is 4.43 Å². The van der Waals surface area contributed by atoms with Crippen LogP contribution in [0.5, 0.6) is 5.75 Å². The fraction of sp³-hybridized carbons (Fsp3) is 0.250. The van der Waals surface area contributed by atoms with Crippen molar-refractivity contribution < 1.29 is 4.74 Å². The van der Waals surface area contributed by atoms with E-state index in [2.05, 4.69) is 34.7 Å². The van der Waals surface area contributed by atoms with Gasteiger partial charge in [-0.3, -0.25) is 0 Å². The van der Waals surface area contributed by atoms with E-state index in [4.69, 9.17) is 4.74 Å². The van der Waals surface area contributed by atoms with Crippen LogP contribution in [-0.2, 0) is 4.43 Å². The van der Waals surface area contributed by atoms with Crippen LogP contribution in [0.25, 0.3) is 0 Å². The van der Waals surface area contributed by atoms with Crippen LogP contribution in [0.15, 0.2) is 24.3 Å². The molecule has 54 valence electrons. The van der Waals surface area contributed by atoms with Gasteiger partial charge in [0.2, 0.25) is 0 Å². The Labute approximate surface area is 74.5 Å². The van der Waals surface area contributed by atoms with Gasteiger partial charge in [0.25, 0.3) is 0 Å². The van der Waals surface area contributed by atoms with E-state index in [0.717, 1.165) is 10.2 Å². The van der Waals surface area contributed by atoms with E-state index in [-0.39, 0.29) is 0 Å². The van der Waals surface area contributed by atoms with E-state index in [1.165, 1.54) is 5.56 Å². The molecule has 0 saturated carbocycles. The molecule has 0 heterocycles. The Balaban J connectivity index is 2.80. The average Bonchev–Trinajstić information content (AvgIpc) is 2.05. The molecule has 0 fully saturated rings. The summed E-state index contributed by atoms with van der Waals surface area (Å²) in [4.78, 5) is 0. The molecule has 2 heteroatoms. The van der Waals surface area contributed by atoms with Crippen LogP contribution in [0.1, 0.15) is 5.56 Å². The minimum Gasteiger partial charge on any atom is -0.497 e. The molecule has 0 aliphatic carbocycles. The molecule has 0 aliphatic heterocycles. The van der Waals surface area contributed by atoms with Crippen LogP contribution < -0.4 is 4.74 Å². The van der Waals surface area contributed by atoms with E-state index in [1.807, 2.05) is 12.1 Å². The summed E-state index contributed by atoms with van der Waals surface area (Å²) in [6.45, 7) is 0. The molecule has 0 bridgehead atoms. The second-order valence-electron chi connectivity index (χ2n) is 1.98. The first kappa shape index (κ1) is 7.85. The number of benzene rings is 1. The topological polar surface area (TPSA) is 9.23 Å². The number of hydrogen-bond donors (Lipinski definition) is 0. The smallest absolute Gasteiger partial charge is 0.118 e. The summed E-state index contributed by atoms with van der Waals surface area (Å²) in [6.07, 6.45) is 0. The zero-order chi connectivity index (χ0) is 7.40. The number of rotatable bonds is 2. The van der Waals surface area contributed by atoms with Gasteiger partial charge in [-0.2, -0.15) is 0 Å². The van der Waals surface area contributed by atoms with Gasteiger partial charge < -0.3 is 4.74 Å². The minimum absolute atomic E-state index is 0.925. The third kappa shape index (κ3) is 1.87. The Morgan fingerprint density at radius 3 is 2.30 bits per heavy atom. The highest BCUT2D eigenvalue weighted by Crippen LogP contribution is 2.12. The SMILES string of the molecule is COc1ccc(CI)cc1. The monoisotopic (exact) mass is 248 g/mol. The highest BCUT2D eigenvalue weighted by atomic mass is 127. The van der Waals surface area contributed by atoms with Crippen LogP contribution in [0.4, 0.5) is 0 Å². The van der Waals surface area contributed by atoms with E-state index in [0.29, 0.717) is 0 Å². The second-order valence-corrected chi connectivity index (χ2v) is 2.74. The van der Waals surface area contributed by atoms with Crippen LogP contribution in [0.3, 0.4) is 0 Å². The van der Waals surface area contributed by atoms with Crippen LogP contribution >= 0.6 is 22.6 Å². The summed E-state index contributed by atoms with van der Waals surface area (Å²) >= 11 is 2.34. The van der Waals surface area contributed by atoms with Gasteiger partial charge in [-0.05, 0) is 17.7 Å². The first-order chi connectivity index (χ1) is 4.86. The van der Waals surface area contributed by atoms with Gasteiger partial charge in [-0.1, -0.05) is 34.7 Å². The van der Waals surface area contributed by atoms with Crippen LogP contribution in [0.2, 0.25) is 0 Å². The second kappa shape index (κ2) is 3.81. The number of alkyl halides is 1. The maximum absolute atomic E-state index is 5.01. The standard InChI is InChI=1S/C8H9IO/c1-10-8-4-2-7(6-9)3-5-8/h2-5H,6H2,1H3. The first-order valence-electron chi connectivity index (χ1n) is 3.05. The van der Waals surface area contributed by atoms with Crippen molar-refractivity contribution in [2.75, 3.05) is 7.11 Å². The fourth-order valence-electron chi connectivity index (χ4n) is 0.715. The van der Waals surface area contributed by atoms with Crippen molar-refractivity contribution in [1.82, 2.24) is 0 Å². The minimum atomic E-state index is 0.925. The average molecular weight is 248 g/mol. The Hall–Kier alpha value is -0.250. The Morgan fingerprint density at radius 2 is 1.90 bits per heavy atom. The zero-order valence-electron chi connectivity index (χ0n) is 5.80. The van der Waals surface area contributed by atoms with Crippen molar-refractivity contribution in [3.05, 3.63) is 29.8 Å². The highest BCUT2D eigenvalue weighted by Gasteiger charge is 1.89. The number of methoxy groups -OCH3 is 1. The van der Waals surface area contributed by atoms with Crippen molar-refractivity contribution in [3.8, 4) is 5.75 Å². The fourth-order valence-corrected chi connectivity index (χ4v) is 1.22. The molecule has 1 rings (SSSR count). The largest absolute Gasteiger partial charge is 0.497 e. The number of halogens is 1. The molecular weight excluding hydrogens is 239 g/mol. The molecule has 1 aromatic carbocycles. The lowest BCUT2D eigenvalue weighted by Gasteiger charge is -1.98. The molecule has 0 spiro atoms. The maximum atomic E-state index is 5.01. The van der Waals surface area contributed by atoms with Gasteiger partial charge in [0.1, 0.15) is 5.75 Å². The van der Waals surface area contributed by atoms with E-state index < -0.39 is 0 Å². The summed E-state index contributed by atoms with van der Waals surface area (Å²) in [5.41, 5.74) is 1.33. The molecular formula is C8H9IO. The molecule has 0 N–H and O–H groups in total. The lowest BCUT2D eigenvalue weighted by Crippen LogP contribution is -1.82. The highest BCUT2D eigenvalue weighted by molar-refractivity contribution is 14.1. The van der Waals surface area contributed by atoms with E-state index in [1.54, 1.807) is 7.11 Å². The summed E-state index contributed by atoms with van der Waals surface area (Å²) in [5, 5.41) is 0. The van der Waals surface area contributed by atoms with Gasteiger partial charge in [0.15, 0.2) is 0 Å². The molecule has 0 saturated heterocycles. The Kier molecular flexibility index (Phi) is 2.99. The molecule has 1 aromatic rings. The summed E-state index contributed by atoms with van der Waals surface area (Å²) in [6, 6.07) is 8.11. The first-order valence-corrected chi connectivity index (χ1v) is 4.58. The summed E-state index contributed by atoms with van der Waals surface area (Å²) in [7, 11) is 1.68. The summed E-state index contributed by atoms with van der Waals surface area (Å²) in [5.74, 6) is 0.925. The Morgan fingerprint density at radius 1 is 1.30 bits per heavy atom. The van der Waals surface area contributed by atoms with Gasteiger partial charge in [0.05, 0.1) is 7.11 Å². The lowest BCUT2D eigenvalue weighted by molar-refractivity contribution is 0.414. The molecule has 0 atom stereocenters. The Bertz CT molecular complexity index is 170. The summed E-state index contributed by atoms with van der Waals surface area (Å²) < 4.78 is 6.07. The van der Waals surface area contributed by atoms with E-state index in [9.17, 15) is 0 Å². The third-order valence-corrected chi connectivity index (χ3v) is 2.19. The van der Waals surface area contributed by atoms with Crippen molar-refractivity contribution in [2.24, 2.45) is 0 Å². The molecule has 1 nitrogen and oxygen atoms in total. The molecule has 0 amide bonds. The number of ether oxygens (including phenoxy) is 1. The lowest BCUT2D eigenvalue weighted by atomic mass is 10.2. The predicted molar refractivity (Wildman–Crippen MR) is 50.7 cm³/mol. The predicted octanol–water partition coefficient (Wildman–Crippen LogP) is 2.63. The molecule has 0 unspecified atom stereocenters. The van der Waals surface area contributed by atoms with E-state index >= 15 is 0 Å².